The molecule has 2 rings (SSSR count). The van der Waals surface area contributed by atoms with Crippen molar-refractivity contribution in [2.45, 2.75) is 6.42 Å². The van der Waals surface area contributed by atoms with Crippen LogP contribution in [0.15, 0.2) is 0 Å². The number of carboxylic acid groups (broad SMARTS) is 1. The maximum atomic E-state index is 10.5. The first-order chi connectivity index (χ1) is 6.73. The van der Waals surface area contributed by atoms with Crippen LogP contribution in [0.25, 0.3) is 0 Å². The Morgan fingerprint density at radius 1 is 1.71 bits per heavy atom. The molecule has 0 bridgehead atoms. The summed E-state index contributed by atoms with van der Waals surface area (Å²) in [5.41, 5.74) is 0.0939. The van der Waals surface area contributed by atoms with Gasteiger partial charge < -0.3 is 20.5 Å². The number of rotatable bonds is 2. The quantitative estimate of drug-likeness (QED) is 0.581. The van der Waals surface area contributed by atoms with Crippen molar-refractivity contribution in [2.75, 3.05) is 32.8 Å². The van der Waals surface area contributed by atoms with Crippen LogP contribution < -0.4 is 10.6 Å². The fourth-order valence-corrected chi connectivity index (χ4v) is 2.43. The van der Waals surface area contributed by atoms with Crippen molar-refractivity contribution >= 4 is 6.09 Å². The normalized spacial score (nSPS) is 36.4. The van der Waals surface area contributed by atoms with Gasteiger partial charge in [-0.05, 0) is 6.42 Å². The molecule has 0 unspecified atom stereocenters. The molecular weight excluding hydrogens is 184 g/mol. The van der Waals surface area contributed by atoms with E-state index < -0.39 is 6.09 Å². The number of ether oxygens (including phenoxy) is 1. The second kappa shape index (κ2) is 3.74. The summed E-state index contributed by atoms with van der Waals surface area (Å²) in [7, 11) is 0. The molecule has 0 radical (unpaired) electrons. The molecule has 0 aromatic rings. The van der Waals surface area contributed by atoms with E-state index in [9.17, 15) is 4.79 Å². The van der Waals surface area contributed by atoms with Gasteiger partial charge in [-0.2, -0.15) is 0 Å². The Balaban J connectivity index is 1.99. The molecule has 80 valence electrons. The summed E-state index contributed by atoms with van der Waals surface area (Å²) in [6.45, 7) is 3.90. The lowest BCUT2D eigenvalue weighted by Crippen LogP contribution is -2.46. The molecule has 2 heterocycles. The van der Waals surface area contributed by atoms with Crippen LogP contribution in [0.3, 0.4) is 0 Å². The Morgan fingerprint density at radius 2 is 2.57 bits per heavy atom. The van der Waals surface area contributed by atoms with Crippen molar-refractivity contribution in [3.05, 3.63) is 0 Å². The smallest absolute Gasteiger partial charge is 0.404 e. The highest BCUT2D eigenvalue weighted by Crippen LogP contribution is 2.37. The van der Waals surface area contributed by atoms with Gasteiger partial charge in [-0.1, -0.05) is 0 Å². The van der Waals surface area contributed by atoms with E-state index >= 15 is 0 Å². The van der Waals surface area contributed by atoms with Gasteiger partial charge in [-0.25, -0.2) is 4.79 Å². The standard InChI is InChI=1S/C9H16N2O3/c12-8(13)11-6-9-1-2-14-4-7(9)3-10-5-9/h7,10-11H,1-6H2,(H,12,13)/t7-,9-/m0/s1. The minimum atomic E-state index is -0.934. The number of fused-ring (bicyclic) bond motifs is 1. The molecule has 2 atom stereocenters. The SMILES string of the molecule is O=C(O)NC[C@@]12CCOC[C@@H]1CNC2. The van der Waals surface area contributed by atoms with Gasteiger partial charge in [0.2, 0.25) is 0 Å². The highest BCUT2D eigenvalue weighted by atomic mass is 16.5. The average Bonchev–Trinajstić information content (AvgIpc) is 2.58. The number of nitrogens with one attached hydrogen (secondary N) is 2. The second-order valence-electron chi connectivity index (χ2n) is 4.17. The van der Waals surface area contributed by atoms with Gasteiger partial charge in [-0.3, -0.25) is 0 Å². The third-order valence-electron chi connectivity index (χ3n) is 3.39. The van der Waals surface area contributed by atoms with E-state index in [0.717, 1.165) is 32.7 Å². The molecule has 0 saturated carbocycles. The molecule has 0 aromatic heterocycles. The molecule has 2 aliphatic heterocycles. The van der Waals surface area contributed by atoms with Crippen LogP contribution in [-0.4, -0.2) is 44.0 Å². The van der Waals surface area contributed by atoms with E-state index in [2.05, 4.69) is 10.6 Å². The maximum Gasteiger partial charge on any atom is 0.404 e. The molecule has 1 amide bonds. The van der Waals surface area contributed by atoms with E-state index in [-0.39, 0.29) is 5.41 Å². The first kappa shape index (κ1) is 9.73. The Morgan fingerprint density at radius 3 is 3.36 bits per heavy atom. The minimum Gasteiger partial charge on any atom is -0.465 e. The van der Waals surface area contributed by atoms with Crippen molar-refractivity contribution in [1.29, 1.82) is 0 Å². The van der Waals surface area contributed by atoms with Crippen LogP contribution in [0, 0.1) is 11.3 Å². The summed E-state index contributed by atoms with van der Waals surface area (Å²) in [6.07, 6.45) is 0.0156. The third-order valence-corrected chi connectivity index (χ3v) is 3.39. The second-order valence-corrected chi connectivity index (χ2v) is 4.17. The van der Waals surface area contributed by atoms with Crippen molar-refractivity contribution in [2.24, 2.45) is 11.3 Å². The number of carbonyl (C=O) groups is 1. The summed E-state index contributed by atoms with van der Waals surface area (Å²) in [5.74, 6) is 0.461. The van der Waals surface area contributed by atoms with E-state index in [1.807, 2.05) is 0 Å². The van der Waals surface area contributed by atoms with Gasteiger partial charge in [0.1, 0.15) is 0 Å². The Bertz CT molecular complexity index is 234. The van der Waals surface area contributed by atoms with Gasteiger partial charge in [0.05, 0.1) is 6.61 Å². The van der Waals surface area contributed by atoms with Crippen LogP contribution in [0.4, 0.5) is 4.79 Å². The van der Waals surface area contributed by atoms with Crippen molar-refractivity contribution < 1.29 is 14.6 Å². The summed E-state index contributed by atoms with van der Waals surface area (Å²) >= 11 is 0. The van der Waals surface area contributed by atoms with Crippen molar-refractivity contribution in [1.82, 2.24) is 10.6 Å². The Kier molecular flexibility index (Phi) is 2.60. The fraction of sp³-hybridized carbons (Fsp3) is 0.889. The van der Waals surface area contributed by atoms with E-state index in [1.54, 1.807) is 0 Å². The lowest BCUT2D eigenvalue weighted by molar-refractivity contribution is -0.0136. The number of amides is 1. The maximum absolute atomic E-state index is 10.5. The molecule has 0 spiro atoms. The fourth-order valence-electron chi connectivity index (χ4n) is 2.43. The summed E-state index contributed by atoms with van der Waals surface area (Å²) < 4.78 is 5.40. The first-order valence-electron chi connectivity index (χ1n) is 4.98. The zero-order valence-electron chi connectivity index (χ0n) is 8.08. The molecule has 2 aliphatic rings. The Hall–Kier alpha value is -0.810. The van der Waals surface area contributed by atoms with Crippen LogP contribution in [-0.2, 0) is 4.74 Å². The zero-order valence-corrected chi connectivity index (χ0v) is 8.08. The van der Waals surface area contributed by atoms with Crippen LogP contribution in [0.2, 0.25) is 0 Å². The summed E-state index contributed by atoms with van der Waals surface area (Å²) in [5, 5.41) is 14.4. The van der Waals surface area contributed by atoms with Crippen LogP contribution in [0.5, 0.6) is 0 Å². The van der Waals surface area contributed by atoms with Gasteiger partial charge in [0.25, 0.3) is 0 Å². The largest absolute Gasteiger partial charge is 0.465 e. The highest BCUT2D eigenvalue weighted by molar-refractivity contribution is 5.64. The van der Waals surface area contributed by atoms with Gasteiger partial charge in [-0.15, -0.1) is 0 Å². The van der Waals surface area contributed by atoms with Crippen molar-refractivity contribution in [3.63, 3.8) is 0 Å². The third kappa shape index (κ3) is 1.69. The van der Waals surface area contributed by atoms with Gasteiger partial charge >= 0.3 is 6.09 Å². The molecule has 2 saturated heterocycles. The number of hydrogen-bond acceptors (Lipinski definition) is 3. The van der Waals surface area contributed by atoms with Crippen molar-refractivity contribution in [3.8, 4) is 0 Å². The van der Waals surface area contributed by atoms with E-state index in [4.69, 9.17) is 9.84 Å². The topological polar surface area (TPSA) is 70.6 Å². The van der Waals surface area contributed by atoms with E-state index in [1.165, 1.54) is 0 Å². The minimum absolute atomic E-state index is 0.0939. The molecule has 2 fully saturated rings. The molecular formula is C9H16N2O3. The van der Waals surface area contributed by atoms with E-state index in [0.29, 0.717) is 12.5 Å². The highest BCUT2D eigenvalue weighted by Gasteiger charge is 2.44. The van der Waals surface area contributed by atoms with Gasteiger partial charge in [0.15, 0.2) is 0 Å². The predicted octanol–water partition coefficient (Wildman–Crippen LogP) is -0.120. The summed E-state index contributed by atoms with van der Waals surface area (Å²) in [4.78, 5) is 10.5. The molecule has 0 aromatic carbocycles. The molecule has 5 heteroatoms. The summed E-state index contributed by atoms with van der Waals surface area (Å²) in [6, 6.07) is 0. The average molecular weight is 200 g/mol. The lowest BCUT2D eigenvalue weighted by atomic mass is 9.74. The zero-order chi connectivity index (χ0) is 10.0. The van der Waals surface area contributed by atoms with Crippen LogP contribution in [0.1, 0.15) is 6.42 Å². The monoisotopic (exact) mass is 200 g/mol. The molecule has 0 aliphatic carbocycles. The van der Waals surface area contributed by atoms with Gasteiger partial charge in [0, 0.05) is 37.6 Å². The molecule has 3 N–H and O–H groups in total. The predicted molar refractivity (Wildman–Crippen MR) is 50.3 cm³/mol. The number of hydrogen-bond donors (Lipinski definition) is 3. The molecule has 14 heavy (non-hydrogen) atoms. The first-order valence-corrected chi connectivity index (χ1v) is 4.98. The van der Waals surface area contributed by atoms with Crippen LogP contribution >= 0.6 is 0 Å². The Labute approximate surface area is 82.8 Å². The molecule has 5 nitrogen and oxygen atoms in total. The lowest BCUT2D eigenvalue weighted by Gasteiger charge is -2.38.